The summed E-state index contributed by atoms with van der Waals surface area (Å²) in [6, 6.07) is 3.14. The Morgan fingerprint density at radius 3 is 2.73 bits per heavy atom. The summed E-state index contributed by atoms with van der Waals surface area (Å²) in [5.74, 6) is 1.79. The van der Waals surface area contributed by atoms with Gasteiger partial charge in [-0.25, -0.2) is 0 Å². The third-order valence-corrected chi connectivity index (χ3v) is 5.05. The molecule has 0 aliphatic heterocycles. The topological polar surface area (TPSA) is 12.0 Å². The number of aryl methyl sites for hydroxylation is 1. The van der Waals surface area contributed by atoms with E-state index in [-0.39, 0.29) is 0 Å². The lowest BCUT2D eigenvalue weighted by molar-refractivity contribution is 0.248. The van der Waals surface area contributed by atoms with Crippen LogP contribution in [0, 0.1) is 12.8 Å². The summed E-state index contributed by atoms with van der Waals surface area (Å²) in [7, 11) is 0. The van der Waals surface area contributed by atoms with E-state index in [9.17, 15) is 0 Å². The molecule has 1 heterocycles. The fourth-order valence-electron chi connectivity index (χ4n) is 2.53. The van der Waals surface area contributed by atoms with Gasteiger partial charge in [-0.2, -0.15) is 0 Å². The second-order valence-corrected chi connectivity index (χ2v) is 6.04. The molecule has 0 spiro atoms. The predicted octanol–water partition coefficient (Wildman–Crippen LogP) is 3.30. The average molecular weight is 221 g/mol. The van der Waals surface area contributed by atoms with Crippen LogP contribution in [0.4, 0.5) is 0 Å². The molecule has 0 saturated heterocycles. The van der Waals surface area contributed by atoms with Crippen molar-refractivity contribution in [3.05, 3.63) is 21.9 Å². The quantitative estimate of drug-likeness (QED) is 0.822. The molecule has 2 aliphatic carbocycles. The molecule has 2 fully saturated rings. The van der Waals surface area contributed by atoms with Crippen molar-refractivity contribution in [2.24, 2.45) is 5.92 Å². The first kappa shape index (κ1) is 9.86. The van der Waals surface area contributed by atoms with Gasteiger partial charge in [0.15, 0.2) is 0 Å². The maximum atomic E-state index is 3.67. The lowest BCUT2D eigenvalue weighted by atomic mass is 9.72. The van der Waals surface area contributed by atoms with Crippen LogP contribution in [0.5, 0.6) is 0 Å². The van der Waals surface area contributed by atoms with Crippen LogP contribution in [0.1, 0.15) is 42.0 Å². The van der Waals surface area contributed by atoms with Gasteiger partial charge in [-0.05, 0) is 68.0 Å². The first-order valence-electron chi connectivity index (χ1n) is 6.12. The van der Waals surface area contributed by atoms with Crippen LogP contribution < -0.4 is 5.32 Å². The van der Waals surface area contributed by atoms with Gasteiger partial charge in [-0.1, -0.05) is 0 Å². The molecule has 0 bridgehead atoms. The Morgan fingerprint density at radius 2 is 2.20 bits per heavy atom. The predicted molar refractivity (Wildman–Crippen MR) is 65.5 cm³/mol. The number of rotatable bonds is 4. The van der Waals surface area contributed by atoms with Gasteiger partial charge in [0.1, 0.15) is 0 Å². The summed E-state index contributed by atoms with van der Waals surface area (Å²) >= 11 is 1.96. The standard InChI is InChI=1S/C13H19NS/c1-9-6-7-15-13(9)12-5-2-10(12)8-14-11-3-4-11/h6-7,10-12,14H,2-5,8H2,1H3. The Morgan fingerprint density at radius 1 is 1.33 bits per heavy atom. The van der Waals surface area contributed by atoms with Gasteiger partial charge in [0.05, 0.1) is 0 Å². The van der Waals surface area contributed by atoms with Gasteiger partial charge in [-0.3, -0.25) is 0 Å². The number of hydrogen-bond donors (Lipinski definition) is 1. The maximum absolute atomic E-state index is 3.67. The third-order valence-electron chi connectivity index (χ3n) is 3.90. The monoisotopic (exact) mass is 221 g/mol. The highest BCUT2D eigenvalue weighted by molar-refractivity contribution is 7.10. The largest absolute Gasteiger partial charge is 0.314 e. The van der Waals surface area contributed by atoms with Crippen LogP contribution in [0.25, 0.3) is 0 Å². The first-order valence-corrected chi connectivity index (χ1v) is 7.00. The van der Waals surface area contributed by atoms with E-state index in [1.165, 1.54) is 37.8 Å². The second kappa shape index (κ2) is 3.91. The molecular weight excluding hydrogens is 202 g/mol. The summed E-state index contributed by atoms with van der Waals surface area (Å²) in [5.41, 5.74) is 1.51. The lowest BCUT2D eigenvalue weighted by Crippen LogP contribution is -2.34. The van der Waals surface area contributed by atoms with Crippen LogP contribution in [-0.2, 0) is 0 Å². The maximum Gasteiger partial charge on any atom is 0.0109 e. The van der Waals surface area contributed by atoms with E-state index < -0.39 is 0 Å². The first-order chi connectivity index (χ1) is 7.34. The Bertz CT molecular complexity index is 340. The molecule has 1 aromatic rings. The zero-order chi connectivity index (χ0) is 10.3. The van der Waals surface area contributed by atoms with E-state index in [0.717, 1.165) is 17.9 Å². The molecule has 2 heteroatoms. The molecule has 2 atom stereocenters. The smallest absolute Gasteiger partial charge is 0.0109 e. The lowest BCUT2D eigenvalue weighted by Gasteiger charge is -2.37. The highest BCUT2D eigenvalue weighted by Gasteiger charge is 2.34. The Kier molecular flexibility index (Phi) is 2.57. The molecular formula is C13H19NS. The van der Waals surface area contributed by atoms with Crippen molar-refractivity contribution >= 4 is 11.3 Å². The van der Waals surface area contributed by atoms with E-state index in [0.29, 0.717) is 0 Å². The van der Waals surface area contributed by atoms with Gasteiger partial charge >= 0.3 is 0 Å². The number of nitrogens with one attached hydrogen (secondary N) is 1. The molecule has 2 aliphatic rings. The molecule has 1 aromatic heterocycles. The molecule has 82 valence electrons. The van der Waals surface area contributed by atoms with Crippen molar-refractivity contribution in [3.8, 4) is 0 Å². The zero-order valence-electron chi connectivity index (χ0n) is 9.33. The fourth-order valence-corrected chi connectivity index (χ4v) is 3.69. The highest BCUT2D eigenvalue weighted by atomic mass is 32.1. The Balaban J connectivity index is 1.59. The van der Waals surface area contributed by atoms with E-state index in [2.05, 4.69) is 23.7 Å². The van der Waals surface area contributed by atoms with E-state index in [4.69, 9.17) is 0 Å². The van der Waals surface area contributed by atoms with Crippen molar-refractivity contribution in [2.45, 2.75) is 44.6 Å². The van der Waals surface area contributed by atoms with Gasteiger partial charge in [0.2, 0.25) is 0 Å². The molecule has 15 heavy (non-hydrogen) atoms. The Labute approximate surface area is 95.9 Å². The molecule has 2 saturated carbocycles. The molecule has 0 radical (unpaired) electrons. The Hall–Kier alpha value is -0.340. The van der Waals surface area contributed by atoms with Gasteiger partial charge in [-0.15, -0.1) is 11.3 Å². The van der Waals surface area contributed by atoms with E-state index in [1.54, 1.807) is 4.88 Å². The SMILES string of the molecule is Cc1ccsc1C1CCC1CNC1CC1. The van der Waals surface area contributed by atoms with Crippen LogP contribution in [0.15, 0.2) is 11.4 Å². The average Bonchev–Trinajstić information content (AvgIpc) is 2.91. The number of thiophene rings is 1. The third kappa shape index (κ3) is 1.98. The molecule has 2 unspecified atom stereocenters. The minimum atomic E-state index is 0.871. The van der Waals surface area contributed by atoms with Crippen LogP contribution >= 0.6 is 11.3 Å². The van der Waals surface area contributed by atoms with Crippen molar-refractivity contribution in [1.29, 1.82) is 0 Å². The highest BCUT2D eigenvalue weighted by Crippen LogP contribution is 2.45. The van der Waals surface area contributed by atoms with Crippen LogP contribution in [0.3, 0.4) is 0 Å². The van der Waals surface area contributed by atoms with Gasteiger partial charge in [0, 0.05) is 10.9 Å². The van der Waals surface area contributed by atoms with Crippen LogP contribution in [-0.4, -0.2) is 12.6 Å². The molecule has 1 nitrogen and oxygen atoms in total. The van der Waals surface area contributed by atoms with Gasteiger partial charge in [0.25, 0.3) is 0 Å². The van der Waals surface area contributed by atoms with Crippen molar-refractivity contribution in [1.82, 2.24) is 5.32 Å². The molecule has 3 rings (SSSR count). The summed E-state index contributed by atoms with van der Waals surface area (Å²) in [6.07, 6.45) is 5.67. The number of hydrogen-bond acceptors (Lipinski definition) is 2. The summed E-state index contributed by atoms with van der Waals surface area (Å²) in [4.78, 5) is 1.66. The summed E-state index contributed by atoms with van der Waals surface area (Å²) < 4.78 is 0. The van der Waals surface area contributed by atoms with Crippen molar-refractivity contribution in [2.75, 3.05) is 6.54 Å². The van der Waals surface area contributed by atoms with E-state index >= 15 is 0 Å². The molecule has 1 N–H and O–H groups in total. The van der Waals surface area contributed by atoms with Crippen LogP contribution in [0.2, 0.25) is 0 Å². The molecule has 0 aromatic carbocycles. The fraction of sp³-hybridized carbons (Fsp3) is 0.692. The van der Waals surface area contributed by atoms with Crippen molar-refractivity contribution in [3.63, 3.8) is 0 Å². The second-order valence-electron chi connectivity index (χ2n) is 5.09. The van der Waals surface area contributed by atoms with Gasteiger partial charge < -0.3 is 5.32 Å². The zero-order valence-corrected chi connectivity index (χ0v) is 10.1. The minimum Gasteiger partial charge on any atom is -0.314 e. The minimum absolute atomic E-state index is 0.871. The van der Waals surface area contributed by atoms with E-state index in [1.807, 2.05) is 11.3 Å². The summed E-state index contributed by atoms with van der Waals surface area (Å²) in [6.45, 7) is 3.52. The summed E-state index contributed by atoms with van der Waals surface area (Å²) in [5, 5.41) is 5.92. The van der Waals surface area contributed by atoms with Crippen molar-refractivity contribution < 1.29 is 0 Å². The molecule has 0 amide bonds. The normalized spacial score (nSPS) is 30.2.